The third kappa shape index (κ3) is 2.20. The van der Waals surface area contributed by atoms with Crippen LogP contribution in [0, 0.1) is 18.3 Å². The number of aryl methyl sites for hydroxylation is 1. The highest BCUT2D eigenvalue weighted by atomic mass is 35.5. The van der Waals surface area contributed by atoms with Crippen molar-refractivity contribution in [3.8, 4) is 17.2 Å². The Labute approximate surface area is 136 Å². The van der Waals surface area contributed by atoms with Crippen LogP contribution < -0.4 is 0 Å². The summed E-state index contributed by atoms with van der Waals surface area (Å²) in [5, 5.41) is 14.5. The molecule has 6 heteroatoms. The minimum atomic E-state index is 0.392. The lowest BCUT2D eigenvalue weighted by Gasteiger charge is -2.07. The first-order valence-corrected chi connectivity index (χ1v) is 7.36. The van der Waals surface area contributed by atoms with Gasteiger partial charge < -0.3 is 0 Å². The van der Waals surface area contributed by atoms with Crippen molar-refractivity contribution in [1.82, 2.24) is 19.6 Å². The summed E-state index contributed by atoms with van der Waals surface area (Å²) in [5.74, 6) is 0. The van der Waals surface area contributed by atoms with Crippen LogP contribution in [0.25, 0.3) is 27.8 Å². The van der Waals surface area contributed by atoms with Gasteiger partial charge in [-0.3, -0.25) is 0 Å². The molecule has 1 aromatic carbocycles. The summed E-state index contributed by atoms with van der Waals surface area (Å²) in [7, 11) is 0. The second-order valence-corrected chi connectivity index (χ2v) is 5.60. The first-order chi connectivity index (χ1) is 11.2. The van der Waals surface area contributed by atoms with Crippen LogP contribution in [0.15, 0.2) is 42.6 Å². The summed E-state index contributed by atoms with van der Waals surface area (Å²) in [6.45, 7) is 1.91. The summed E-state index contributed by atoms with van der Waals surface area (Å²) in [4.78, 5) is 8.89. The molecule has 4 rings (SSSR count). The zero-order chi connectivity index (χ0) is 16.0. The molecule has 5 nitrogen and oxygen atoms in total. The highest BCUT2D eigenvalue weighted by molar-refractivity contribution is 6.32. The Bertz CT molecular complexity index is 1090. The summed E-state index contributed by atoms with van der Waals surface area (Å²) < 4.78 is 1.69. The standard InChI is InChI=1S/C17H10ClN5/c1-10-6-15-20-9-13-7-14(12-4-2-11(8-19)3-5-12)16(18)21-17(13)23(15)22-10/h2-7,9H,1H3. The first-order valence-electron chi connectivity index (χ1n) is 6.98. The van der Waals surface area contributed by atoms with Crippen LogP contribution in [-0.4, -0.2) is 19.6 Å². The van der Waals surface area contributed by atoms with Gasteiger partial charge in [0.15, 0.2) is 11.3 Å². The molecule has 0 bridgehead atoms. The number of nitriles is 1. The Morgan fingerprint density at radius 1 is 1.17 bits per heavy atom. The van der Waals surface area contributed by atoms with Crippen molar-refractivity contribution in [1.29, 1.82) is 5.26 Å². The van der Waals surface area contributed by atoms with E-state index in [-0.39, 0.29) is 0 Å². The lowest BCUT2D eigenvalue weighted by Crippen LogP contribution is -1.97. The number of nitrogens with zero attached hydrogens (tertiary/aromatic N) is 5. The minimum Gasteiger partial charge on any atom is -0.236 e. The molecule has 3 aromatic heterocycles. The molecule has 0 amide bonds. The van der Waals surface area contributed by atoms with Gasteiger partial charge >= 0.3 is 0 Å². The second kappa shape index (κ2) is 5.04. The van der Waals surface area contributed by atoms with Gasteiger partial charge in [0.2, 0.25) is 0 Å². The average molecular weight is 320 g/mol. The Kier molecular flexibility index (Phi) is 3.00. The van der Waals surface area contributed by atoms with E-state index < -0.39 is 0 Å². The lowest BCUT2D eigenvalue weighted by atomic mass is 10.1. The van der Waals surface area contributed by atoms with Crippen molar-refractivity contribution < 1.29 is 0 Å². The molecule has 0 saturated heterocycles. The van der Waals surface area contributed by atoms with Gasteiger partial charge in [0.25, 0.3) is 0 Å². The van der Waals surface area contributed by atoms with Crippen molar-refractivity contribution in [3.63, 3.8) is 0 Å². The Morgan fingerprint density at radius 2 is 1.96 bits per heavy atom. The molecule has 3 heterocycles. The van der Waals surface area contributed by atoms with E-state index in [2.05, 4.69) is 21.1 Å². The quantitative estimate of drug-likeness (QED) is 0.501. The predicted molar refractivity (Wildman–Crippen MR) is 88.2 cm³/mol. The SMILES string of the molecule is Cc1cc2ncc3cc(-c4ccc(C#N)cc4)c(Cl)nc3n2n1. The molecule has 0 atom stereocenters. The second-order valence-electron chi connectivity index (χ2n) is 5.24. The smallest absolute Gasteiger partial charge is 0.166 e. The Morgan fingerprint density at radius 3 is 2.70 bits per heavy atom. The Hall–Kier alpha value is -2.97. The van der Waals surface area contributed by atoms with Crippen molar-refractivity contribution in [3.05, 3.63) is 59.0 Å². The third-order valence-electron chi connectivity index (χ3n) is 3.66. The lowest BCUT2D eigenvalue weighted by molar-refractivity contribution is 0.939. The van der Waals surface area contributed by atoms with E-state index in [1.165, 1.54) is 0 Å². The number of halogens is 1. The maximum Gasteiger partial charge on any atom is 0.166 e. The fourth-order valence-electron chi connectivity index (χ4n) is 2.56. The summed E-state index contributed by atoms with van der Waals surface area (Å²) >= 11 is 6.38. The van der Waals surface area contributed by atoms with Crippen LogP contribution in [0.3, 0.4) is 0 Å². The molecule has 4 aromatic rings. The maximum absolute atomic E-state index is 8.89. The monoisotopic (exact) mass is 319 g/mol. The Balaban J connectivity index is 1.96. The van der Waals surface area contributed by atoms with E-state index in [1.54, 1.807) is 22.8 Å². The predicted octanol–water partition coefficient (Wildman–Crippen LogP) is 3.78. The fraction of sp³-hybridized carbons (Fsp3) is 0.0588. The number of hydrogen-bond donors (Lipinski definition) is 0. The number of aromatic nitrogens is 4. The van der Waals surface area contributed by atoms with E-state index in [0.29, 0.717) is 16.4 Å². The van der Waals surface area contributed by atoms with Gasteiger partial charge in [-0.25, -0.2) is 9.97 Å². The number of hydrogen-bond acceptors (Lipinski definition) is 4. The zero-order valence-corrected chi connectivity index (χ0v) is 12.9. The van der Waals surface area contributed by atoms with Crippen molar-refractivity contribution >= 4 is 28.3 Å². The molecule has 110 valence electrons. The molecule has 0 unspecified atom stereocenters. The maximum atomic E-state index is 8.89. The summed E-state index contributed by atoms with van der Waals surface area (Å²) in [6, 6.07) is 13.2. The van der Waals surface area contributed by atoms with Gasteiger partial charge in [-0.15, -0.1) is 0 Å². The highest BCUT2D eigenvalue weighted by Gasteiger charge is 2.11. The van der Waals surface area contributed by atoms with Crippen molar-refractivity contribution in [2.24, 2.45) is 0 Å². The number of benzene rings is 1. The molecule has 23 heavy (non-hydrogen) atoms. The van der Waals surface area contributed by atoms with Crippen LogP contribution in [-0.2, 0) is 0 Å². The van der Waals surface area contributed by atoms with Crippen molar-refractivity contribution in [2.45, 2.75) is 6.92 Å². The minimum absolute atomic E-state index is 0.392. The van der Waals surface area contributed by atoms with Gasteiger partial charge in [-0.05, 0) is 30.7 Å². The normalized spacial score (nSPS) is 11.0. The van der Waals surface area contributed by atoms with Gasteiger partial charge in [0.1, 0.15) is 5.15 Å². The summed E-state index contributed by atoms with van der Waals surface area (Å²) in [6.07, 6.45) is 1.77. The van der Waals surface area contributed by atoms with Gasteiger partial charge in [-0.1, -0.05) is 23.7 Å². The van der Waals surface area contributed by atoms with E-state index >= 15 is 0 Å². The molecule has 0 saturated carbocycles. The fourth-order valence-corrected chi connectivity index (χ4v) is 2.80. The molecule has 0 aliphatic rings. The topological polar surface area (TPSA) is 66.9 Å². The first kappa shape index (κ1) is 13.7. The molecule has 0 radical (unpaired) electrons. The van der Waals surface area contributed by atoms with Crippen molar-refractivity contribution in [2.75, 3.05) is 0 Å². The molecule has 0 N–H and O–H groups in total. The zero-order valence-electron chi connectivity index (χ0n) is 12.2. The molecule has 0 spiro atoms. The van der Waals surface area contributed by atoms with E-state index in [4.69, 9.17) is 16.9 Å². The van der Waals surface area contributed by atoms with Gasteiger partial charge in [-0.2, -0.15) is 14.9 Å². The van der Waals surface area contributed by atoms with Crippen LogP contribution in [0.1, 0.15) is 11.3 Å². The molecule has 0 aliphatic carbocycles. The molecule has 0 aliphatic heterocycles. The van der Waals surface area contributed by atoms with Crippen LogP contribution >= 0.6 is 11.6 Å². The number of fused-ring (bicyclic) bond motifs is 3. The van der Waals surface area contributed by atoms with E-state index in [0.717, 1.165) is 27.9 Å². The third-order valence-corrected chi connectivity index (χ3v) is 3.95. The summed E-state index contributed by atoms with van der Waals surface area (Å²) in [5.41, 5.74) is 4.59. The molecule has 0 fully saturated rings. The molecular formula is C17H10ClN5. The van der Waals surface area contributed by atoms with E-state index in [9.17, 15) is 0 Å². The van der Waals surface area contributed by atoms with Crippen LogP contribution in [0.5, 0.6) is 0 Å². The highest BCUT2D eigenvalue weighted by Crippen LogP contribution is 2.30. The van der Waals surface area contributed by atoms with Gasteiger partial charge in [0, 0.05) is 23.2 Å². The average Bonchev–Trinajstić information content (AvgIpc) is 2.95. The largest absolute Gasteiger partial charge is 0.236 e. The molecular weight excluding hydrogens is 310 g/mol. The number of rotatable bonds is 1. The van der Waals surface area contributed by atoms with Gasteiger partial charge in [0.05, 0.1) is 17.3 Å². The number of pyridine rings is 1. The van der Waals surface area contributed by atoms with Crippen LogP contribution in [0.4, 0.5) is 0 Å². The van der Waals surface area contributed by atoms with Crippen LogP contribution in [0.2, 0.25) is 5.15 Å². The van der Waals surface area contributed by atoms with E-state index in [1.807, 2.05) is 31.2 Å².